The number of carbonyl (C=O) groups excluding carboxylic acids is 2. The minimum Gasteiger partial charge on any atom is -0.369 e. The molecule has 70 valence electrons. The van der Waals surface area contributed by atoms with Gasteiger partial charge < -0.3 is 11.5 Å². The van der Waals surface area contributed by atoms with E-state index in [1.165, 1.54) is 23.5 Å². The van der Waals surface area contributed by atoms with Crippen LogP contribution in [-0.2, 0) is 9.59 Å². The molecule has 2 amide bonds. The maximum Gasteiger partial charge on any atom is 0.227 e. The van der Waals surface area contributed by atoms with Crippen molar-refractivity contribution in [2.75, 3.05) is 23.0 Å². The van der Waals surface area contributed by atoms with Crippen molar-refractivity contribution >= 4 is 35.3 Å². The predicted octanol–water partition coefficient (Wildman–Crippen LogP) is -0.577. The van der Waals surface area contributed by atoms with Crippen LogP contribution in [0, 0.1) is 0 Å². The number of amides is 2. The summed E-state index contributed by atoms with van der Waals surface area (Å²) >= 11 is 2.93. The van der Waals surface area contributed by atoms with E-state index in [0.717, 1.165) is 11.5 Å². The second-order valence-electron chi connectivity index (χ2n) is 2.04. The first-order chi connectivity index (χ1) is 5.63. The van der Waals surface area contributed by atoms with E-state index in [0.29, 0.717) is 11.5 Å². The molecule has 0 aliphatic rings. The predicted molar refractivity (Wildman–Crippen MR) is 53.0 cm³/mol. The Labute approximate surface area is 79.8 Å². The number of rotatable bonds is 7. The highest BCUT2D eigenvalue weighted by Crippen LogP contribution is 2.05. The molecule has 12 heavy (non-hydrogen) atoms. The molecule has 0 heterocycles. The Morgan fingerprint density at radius 3 is 1.50 bits per heavy atom. The number of hydrogen-bond donors (Lipinski definition) is 2. The number of primary amides is 2. The Morgan fingerprint density at radius 2 is 1.25 bits per heavy atom. The number of carbonyl (C=O) groups is 2. The van der Waals surface area contributed by atoms with Gasteiger partial charge in [0.15, 0.2) is 0 Å². The molecule has 0 saturated heterocycles. The second-order valence-corrected chi connectivity index (χ2v) is 4.25. The molecule has 0 atom stereocenters. The van der Waals surface area contributed by atoms with Gasteiger partial charge in [0, 0.05) is 11.5 Å². The molecule has 6 heteroatoms. The van der Waals surface area contributed by atoms with Crippen molar-refractivity contribution in [1.29, 1.82) is 0 Å². The minimum atomic E-state index is -0.306. The van der Waals surface area contributed by atoms with E-state index in [-0.39, 0.29) is 11.8 Å². The van der Waals surface area contributed by atoms with E-state index in [2.05, 4.69) is 0 Å². The van der Waals surface area contributed by atoms with E-state index in [4.69, 9.17) is 11.5 Å². The SMILES string of the molecule is NC(=O)CSCCSCC(N)=O. The topological polar surface area (TPSA) is 86.2 Å². The molecule has 0 aromatic carbocycles. The van der Waals surface area contributed by atoms with Gasteiger partial charge in [0.2, 0.25) is 11.8 Å². The zero-order valence-electron chi connectivity index (χ0n) is 6.62. The summed E-state index contributed by atoms with van der Waals surface area (Å²) in [5.74, 6) is 1.72. The van der Waals surface area contributed by atoms with Crippen LogP contribution < -0.4 is 11.5 Å². The van der Waals surface area contributed by atoms with Crippen LogP contribution in [-0.4, -0.2) is 34.8 Å². The molecule has 4 N–H and O–H groups in total. The maximum atomic E-state index is 10.3. The van der Waals surface area contributed by atoms with E-state index in [1.807, 2.05) is 0 Å². The summed E-state index contributed by atoms with van der Waals surface area (Å²) in [5.41, 5.74) is 9.83. The molecule has 0 unspecified atom stereocenters. The number of nitrogens with two attached hydrogens (primary N) is 2. The molecule has 0 spiro atoms. The first-order valence-corrected chi connectivity index (χ1v) is 5.66. The van der Waals surface area contributed by atoms with Gasteiger partial charge in [-0.3, -0.25) is 9.59 Å². The van der Waals surface area contributed by atoms with Gasteiger partial charge in [-0.25, -0.2) is 0 Å². The van der Waals surface area contributed by atoms with Gasteiger partial charge in [-0.05, 0) is 0 Å². The molecule has 0 bridgehead atoms. The van der Waals surface area contributed by atoms with E-state index in [1.54, 1.807) is 0 Å². The summed E-state index contributed by atoms with van der Waals surface area (Å²) < 4.78 is 0. The van der Waals surface area contributed by atoms with E-state index >= 15 is 0 Å². The third-order valence-corrected chi connectivity index (χ3v) is 3.08. The van der Waals surface area contributed by atoms with Crippen molar-refractivity contribution < 1.29 is 9.59 Å². The number of thioether (sulfide) groups is 2. The molecule has 0 fully saturated rings. The smallest absolute Gasteiger partial charge is 0.227 e. The lowest BCUT2D eigenvalue weighted by molar-refractivity contribution is -0.116. The van der Waals surface area contributed by atoms with Crippen LogP contribution in [0.25, 0.3) is 0 Å². The zero-order chi connectivity index (χ0) is 9.40. The standard InChI is InChI=1S/C6H12N2O2S2/c7-5(9)3-11-1-2-12-4-6(8)10/h1-4H2,(H2,7,9)(H2,8,10). The Balaban J connectivity index is 3.01. The molecule has 0 aliphatic heterocycles. The van der Waals surface area contributed by atoms with Crippen LogP contribution >= 0.6 is 23.5 Å². The Kier molecular flexibility index (Phi) is 7.08. The summed E-state index contributed by atoms with van der Waals surface area (Å²) in [5, 5.41) is 0. The third kappa shape index (κ3) is 9.64. The fourth-order valence-electron chi connectivity index (χ4n) is 0.463. The van der Waals surface area contributed by atoms with Gasteiger partial charge >= 0.3 is 0 Å². The van der Waals surface area contributed by atoms with Crippen molar-refractivity contribution in [3.05, 3.63) is 0 Å². The normalized spacial score (nSPS) is 9.67. The molecule has 0 rings (SSSR count). The van der Waals surface area contributed by atoms with Crippen molar-refractivity contribution in [1.82, 2.24) is 0 Å². The Hall–Kier alpha value is -0.360. The highest BCUT2D eigenvalue weighted by Gasteiger charge is 1.96. The molecule has 0 aromatic rings. The van der Waals surface area contributed by atoms with Gasteiger partial charge in [-0.2, -0.15) is 23.5 Å². The molecule has 0 aromatic heterocycles. The minimum absolute atomic E-state index is 0.306. The quantitative estimate of drug-likeness (QED) is 0.548. The second kappa shape index (κ2) is 7.30. The van der Waals surface area contributed by atoms with Gasteiger partial charge in [-0.15, -0.1) is 0 Å². The van der Waals surface area contributed by atoms with Crippen LogP contribution in [0.15, 0.2) is 0 Å². The monoisotopic (exact) mass is 208 g/mol. The summed E-state index contributed by atoms with van der Waals surface area (Å²) in [7, 11) is 0. The summed E-state index contributed by atoms with van der Waals surface area (Å²) in [6.45, 7) is 0. The van der Waals surface area contributed by atoms with Crippen molar-refractivity contribution in [3.63, 3.8) is 0 Å². The average molecular weight is 208 g/mol. The van der Waals surface area contributed by atoms with Gasteiger partial charge in [0.25, 0.3) is 0 Å². The zero-order valence-corrected chi connectivity index (χ0v) is 8.25. The third-order valence-electron chi connectivity index (χ3n) is 0.861. The molecule has 0 aliphatic carbocycles. The van der Waals surface area contributed by atoms with Crippen molar-refractivity contribution in [2.45, 2.75) is 0 Å². The van der Waals surface area contributed by atoms with Crippen LogP contribution in [0.3, 0.4) is 0 Å². The van der Waals surface area contributed by atoms with Gasteiger partial charge in [0.05, 0.1) is 11.5 Å². The van der Waals surface area contributed by atoms with E-state index < -0.39 is 0 Å². The molecule has 0 saturated carbocycles. The molecule has 0 radical (unpaired) electrons. The largest absolute Gasteiger partial charge is 0.369 e. The molecular weight excluding hydrogens is 196 g/mol. The van der Waals surface area contributed by atoms with Gasteiger partial charge in [0.1, 0.15) is 0 Å². The average Bonchev–Trinajstić information content (AvgIpc) is 1.95. The lowest BCUT2D eigenvalue weighted by atomic mass is 10.8. The van der Waals surface area contributed by atoms with Crippen molar-refractivity contribution in [2.24, 2.45) is 11.5 Å². The molecule has 4 nitrogen and oxygen atoms in total. The lowest BCUT2D eigenvalue weighted by Crippen LogP contribution is -2.15. The Bertz CT molecular complexity index is 146. The fraction of sp³-hybridized carbons (Fsp3) is 0.667. The first kappa shape index (κ1) is 11.6. The Morgan fingerprint density at radius 1 is 0.917 bits per heavy atom. The van der Waals surface area contributed by atoms with Gasteiger partial charge in [-0.1, -0.05) is 0 Å². The van der Waals surface area contributed by atoms with E-state index in [9.17, 15) is 9.59 Å². The number of hydrogen-bond acceptors (Lipinski definition) is 4. The molecular formula is C6H12N2O2S2. The first-order valence-electron chi connectivity index (χ1n) is 3.35. The maximum absolute atomic E-state index is 10.3. The van der Waals surface area contributed by atoms with Crippen LogP contribution in [0.4, 0.5) is 0 Å². The lowest BCUT2D eigenvalue weighted by Gasteiger charge is -1.97. The fourth-order valence-corrected chi connectivity index (χ4v) is 2.10. The van der Waals surface area contributed by atoms with Crippen LogP contribution in [0.5, 0.6) is 0 Å². The highest BCUT2D eigenvalue weighted by atomic mass is 32.2. The van der Waals surface area contributed by atoms with Crippen LogP contribution in [0.1, 0.15) is 0 Å². The summed E-state index contributed by atoms with van der Waals surface area (Å²) in [6.07, 6.45) is 0. The summed E-state index contributed by atoms with van der Waals surface area (Å²) in [4.78, 5) is 20.5. The highest BCUT2D eigenvalue weighted by molar-refractivity contribution is 8.03. The van der Waals surface area contributed by atoms with Crippen molar-refractivity contribution in [3.8, 4) is 0 Å². The van der Waals surface area contributed by atoms with Crippen LogP contribution in [0.2, 0.25) is 0 Å². The summed E-state index contributed by atoms with van der Waals surface area (Å²) in [6, 6.07) is 0.